The molecule has 5 nitrogen and oxygen atoms in total. The molecule has 2 rings (SSSR count). The van der Waals surface area contributed by atoms with Gasteiger partial charge in [-0.3, -0.25) is 9.89 Å². The van der Waals surface area contributed by atoms with Gasteiger partial charge in [0, 0.05) is 15.6 Å². The summed E-state index contributed by atoms with van der Waals surface area (Å²) in [6.45, 7) is 6.01. The number of rotatable bonds is 2. The number of anilines is 1. The summed E-state index contributed by atoms with van der Waals surface area (Å²) in [5, 5.41) is 9.48. The molecule has 1 aromatic heterocycles. The van der Waals surface area contributed by atoms with Crippen molar-refractivity contribution in [2.75, 3.05) is 5.32 Å². The standard InChI is InChI=1S/C13H15BrN4O/c1-13(2,3)12-16-10(17-18-12)11(19)15-9-6-4-8(14)5-7-9/h4-7H,1-3H3,(H,15,19)(H,16,17,18). The third kappa shape index (κ3) is 3.41. The highest BCUT2D eigenvalue weighted by atomic mass is 79.9. The van der Waals surface area contributed by atoms with E-state index in [2.05, 4.69) is 36.4 Å². The number of benzene rings is 1. The van der Waals surface area contributed by atoms with Gasteiger partial charge in [-0.25, -0.2) is 4.98 Å². The zero-order chi connectivity index (χ0) is 14.0. The minimum Gasteiger partial charge on any atom is -0.319 e. The summed E-state index contributed by atoms with van der Waals surface area (Å²) >= 11 is 3.34. The lowest BCUT2D eigenvalue weighted by atomic mass is 9.96. The molecule has 1 amide bonds. The average molecular weight is 323 g/mol. The van der Waals surface area contributed by atoms with Gasteiger partial charge in [0.2, 0.25) is 5.82 Å². The molecule has 2 N–H and O–H groups in total. The summed E-state index contributed by atoms with van der Waals surface area (Å²) in [5.41, 5.74) is 0.540. The average Bonchev–Trinajstić information content (AvgIpc) is 2.81. The highest BCUT2D eigenvalue weighted by Crippen LogP contribution is 2.18. The SMILES string of the molecule is CC(C)(C)c1nc(C(=O)Nc2ccc(Br)cc2)n[nH]1. The van der Waals surface area contributed by atoms with Crippen LogP contribution in [0.1, 0.15) is 37.2 Å². The van der Waals surface area contributed by atoms with Gasteiger partial charge in [-0.2, -0.15) is 0 Å². The quantitative estimate of drug-likeness (QED) is 0.892. The van der Waals surface area contributed by atoms with Crippen LogP contribution < -0.4 is 5.32 Å². The smallest absolute Gasteiger partial charge is 0.295 e. The van der Waals surface area contributed by atoms with Crippen LogP contribution in [0.5, 0.6) is 0 Å². The molecule has 0 aliphatic carbocycles. The van der Waals surface area contributed by atoms with E-state index in [9.17, 15) is 4.79 Å². The first-order valence-corrected chi connectivity index (χ1v) is 6.65. The predicted molar refractivity (Wildman–Crippen MR) is 77.2 cm³/mol. The number of nitrogens with one attached hydrogen (secondary N) is 2. The van der Waals surface area contributed by atoms with Crippen molar-refractivity contribution in [2.45, 2.75) is 26.2 Å². The van der Waals surface area contributed by atoms with Crippen molar-refractivity contribution < 1.29 is 4.79 Å². The summed E-state index contributed by atoms with van der Waals surface area (Å²) < 4.78 is 0.957. The minimum absolute atomic E-state index is 0.146. The van der Waals surface area contributed by atoms with E-state index in [4.69, 9.17) is 0 Å². The molecule has 0 unspecified atom stereocenters. The Kier molecular flexibility index (Phi) is 3.71. The number of hydrogen-bond donors (Lipinski definition) is 2. The summed E-state index contributed by atoms with van der Waals surface area (Å²) in [7, 11) is 0. The van der Waals surface area contributed by atoms with Crippen molar-refractivity contribution in [3.63, 3.8) is 0 Å². The minimum atomic E-state index is -0.325. The molecule has 100 valence electrons. The van der Waals surface area contributed by atoms with Gasteiger partial charge >= 0.3 is 0 Å². The van der Waals surface area contributed by atoms with Gasteiger partial charge in [0.1, 0.15) is 5.82 Å². The van der Waals surface area contributed by atoms with Crippen molar-refractivity contribution in [3.8, 4) is 0 Å². The van der Waals surface area contributed by atoms with Crippen molar-refractivity contribution in [3.05, 3.63) is 40.4 Å². The van der Waals surface area contributed by atoms with E-state index < -0.39 is 0 Å². The van der Waals surface area contributed by atoms with E-state index in [0.717, 1.165) is 4.47 Å². The van der Waals surface area contributed by atoms with Crippen LogP contribution in [0.3, 0.4) is 0 Å². The molecular weight excluding hydrogens is 308 g/mol. The number of carbonyl (C=O) groups is 1. The Morgan fingerprint density at radius 2 is 1.89 bits per heavy atom. The van der Waals surface area contributed by atoms with Crippen molar-refractivity contribution in [1.82, 2.24) is 15.2 Å². The molecule has 19 heavy (non-hydrogen) atoms. The molecule has 0 fully saturated rings. The fourth-order valence-corrected chi connectivity index (χ4v) is 1.68. The molecule has 0 saturated heterocycles. The maximum Gasteiger partial charge on any atom is 0.295 e. The topological polar surface area (TPSA) is 70.7 Å². The number of aromatic nitrogens is 3. The third-order valence-corrected chi connectivity index (χ3v) is 3.03. The van der Waals surface area contributed by atoms with Gasteiger partial charge in [-0.15, -0.1) is 5.10 Å². The van der Waals surface area contributed by atoms with Crippen LogP contribution in [-0.2, 0) is 5.41 Å². The number of H-pyrrole nitrogens is 1. The molecule has 6 heteroatoms. The zero-order valence-corrected chi connectivity index (χ0v) is 12.6. The number of aromatic amines is 1. The molecule has 1 aromatic carbocycles. The first-order chi connectivity index (χ1) is 8.86. The summed E-state index contributed by atoms with van der Waals surface area (Å²) in [5.74, 6) is 0.510. The normalized spacial score (nSPS) is 11.4. The third-order valence-electron chi connectivity index (χ3n) is 2.50. The van der Waals surface area contributed by atoms with Gasteiger partial charge < -0.3 is 5.32 Å². The van der Waals surface area contributed by atoms with Crippen LogP contribution in [0.4, 0.5) is 5.69 Å². The van der Waals surface area contributed by atoms with Gasteiger partial charge in [-0.05, 0) is 24.3 Å². The Balaban J connectivity index is 2.12. The largest absolute Gasteiger partial charge is 0.319 e. The van der Waals surface area contributed by atoms with Crippen LogP contribution in [-0.4, -0.2) is 21.1 Å². The molecule has 0 bridgehead atoms. The lowest BCUT2D eigenvalue weighted by molar-refractivity contribution is 0.101. The Morgan fingerprint density at radius 3 is 2.42 bits per heavy atom. The van der Waals surface area contributed by atoms with E-state index in [0.29, 0.717) is 11.5 Å². The first kappa shape index (κ1) is 13.7. The highest BCUT2D eigenvalue weighted by Gasteiger charge is 2.21. The fourth-order valence-electron chi connectivity index (χ4n) is 1.42. The highest BCUT2D eigenvalue weighted by molar-refractivity contribution is 9.10. The van der Waals surface area contributed by atoms with Gasteiger partial charge in [0.15, 0.2) is 0 Å². The molecule has 1 heterocycles. The number of hydrogen-bond acceptors (Lipinski definition) is 3. The molecule has 0 saturated carbocycles. The monoisotopic (exact) mass is 322 g/mol. The van der Waals surface area contributed by atoms with E-state index in [-0.39, 0.29) is 17.1 Å². The molecule has 2 aromatic rings. The predicted octanol–water partition coefficient (Wildman–Crippen LogP) is 3.12. The second kappa shape index (κ2) is 5.13. The van der Waals surface area contributed by atoms with Crippen LogP contribution >= 0.6 is 15.9 Å². The Labute approximate surface area is 120 Å². The first-order valence-electron chi connectivity index (χ1n) is 5.86. The summed E-state index contributed by atoms with van der Waals surface area (Å²) in [6.07, 6.45) is 0. The van der Waals surface area contributed by atoms with E-state index >= 15 is 0 Å². The second-order valence-corrected chi connectivity index (χ2v) is 6.13. The number of halogens is 1. The zero-order valence-electron chi connectivity index (χ0n) is 11.0. The van der Waals surface area contributed by atoms with Crippen LogP contribution in [0.25, 0.3) is 0 Å². The molecule has 0 spiro atoms. The maximum absolute atomic E-state index is 12.0. The van der Waals surface area contributed by atoms with E-state index in [1.165, 1.54) is 0 Å². The molecule has 0 aliphatic rings. The molecule has 0 atom stereocenters. The van der Waals surface area contributed by atoms with E-state index in [1.54, 1.807) is 12.1 Å². The van der Waals surface area contributed by atoms with Crippen LogP contribution in [0.15, 0.2) is 28.7 Å². The van der Waals surface area contributed by atoms with Gasteiger partial charge in [-0.1, -0.05) is 36.7 Å². The summed E-state index contributed by atoms with van der Waals surface area (Å²) in [6, 6.07) is 7.32. The van der Waals surface area contributed by atoms with Crippen molar-refractivity contribution in [2.24, 2.45) is 0 Å². The maximum atomic E-state index is 12.0. The lowest BCUT2D eigenvalue weighted by Gasteiger charge is -2.12. The van der Waals surface area contributed by atoms with Crippen LogP contribution in [0.2, 0.25) is 0 Å². The van der Waals surface area contributed by atoms with Gasteiger partial charge in [0.25, 0.3) is 5.91 Å². The van der Waals surface area contributed by atoms with Crippen LogP contribution in [0, 0.1) is 0 Å². The fraction of sp³-hybridized carbons (Fsp3) is 0.308. The van der Waals surface area contributed by atoms with Crippen molar-refractivity contribution >= 4 is 27.5 Å². The second-order valence-electron chi connectivity index (χ2n) is 5.22. The Morgan fingerprint density at radius 1 is 1.26 bits per heavy atom. The Hall–Kier alpha value is -1.69. The molecule has 0 radical (unpaired) electrons. The van der Waals surface area contributed by atoms with Crippen molar-refractivity contribution in [1.29, 1.82) is 0 Å². The number of nitrogens with zero attached hydrogens (tertiary/aromatic N) is 2. The molecule has 0 aliphatic heterocycles. The Bertz CT molecular complexity index is 583. The lowest BCUT2D eigenvalue weighted by Crippen LogP contribution is -2.16. The van der Waals surface area contributed by atoms with E-state index in [1.807, 2.05) is 32.9 Å². The summed E-state index contributed by atoms with van der Waals surface area (Å²) in [4.78, 5) is 16.2. The van der Waals surface area contributed by atoms with Gasteiger partial charge in [0.05, 0.1) is 0 Å². The molecular formula is C13H15BrN4O. The number of amides is 1. The number of carbonyl (C=O) groups excluding carboxylic acids is 1.